The minimum absolute atomic E-state index is 0.122. The van der Waals surface area contributed by atoms with Crippen LogP contribution in [0.25, 0.3) is 10.4 Å². The maximum atomic E-state index is 13.7. The quantitative estimate of drug-likeness (QED) is 0.0720. The number of nitrogens with zero attached hydrogens (tertiary/aromatic N) is 3. The van der Waals surface area contributed by atoms with Crippen LogP contribution < -0.4 is 9.47 Å². The van der Waals surface area contributed by atoms with Gasteiger partial charge in [0, 0.05) is 10.5 Å². The van der Waals surface area contributed by atoms with E-state index < -0.39 is 54.7 Å². The third-order valence-corrected chi connectivity index (χ3v) is 7.54. The van der Waals surface area contributed by atoms with Crippen molar-refractivity contribution in [1.82, 2.24) is 0 Å². The first kappa shape index (κ1) is 33.5. The predicted molar refractivity (Wildman–Crippen MR) is 169 cm³/mol. The molecule has 1 unspecified atom stereocenters. The maximum absolute atomic E-state index is 13.7. The summed E-state index contributed by atoms with van der Waals surface area (Å²) in [6.07, 6.45) is -9.82. The van der Waals surface area contributed by atoms with E-state index in [1.807, 2.05) is 0 Å². The highest BCUT2D eigenvalue weighted by Gasteiger charge is 2.55. The van der Waals surface area contributed by atoms with Crippen molar-refractivity contribution in [2.45, 2.75) is 36.7 Å². The van der Waals surface area contributed by atoms with Crippen LogP contribution >= 0.6 is 0 Å². The molecule has 4 aromatic rings. The minimum atomic E-state index is -1.97. The molecule has 246 valence electrons. The largest absolute Gasteiger partial charge is 0.497 e. The Morgan fingerprint density at radius 3 is 1.65 bits per heavy atom. The molecule has 48 heavy (non-hydrogen) atoms. The number of benzene rings is 4. The molecular formula is C35H31N3O10. The van der Waals surface area contributed by atoms with Crippen molar-refractivity contribution in [3.63, 3.8) is 0 Å². The van der Waals surface area contributed by atoms with Crippen molar-refractivity contribution in [3.05, 3.63) is 142 Å². The van der Waals surface area contributed by atoms with E-state index in [0.717, 1.165) is 0 Å². The fourth-order valence-corrected chi connectivity index (χ4v) is 5.24. The van der Waals surface area contributed by atoms with E-state index in [9.17, 15) is 25.0 Å². The fraction of sp³-hybridized carbons (Fsp3) is 0.229. The van der Waals surface area contributed by atoms with Gasteiger partial charge < -0.3 is 33.5 Å². The number of aliphatic hydroxyl groups is 1. The fourth-order valence-electron chi connectivity index (χ4n) is 5.24. The minimum Gasteiger partial charge on any atom is -0.497 e. The summed E-state index contributed by atoms with van der Waals surface area (Å²) in [4.78, 5) is 43.5. The Labute approximate surface area is 275 Å². The zero-order valence-electron chi connectivity index (χ0n) is 25.8. The number of carbonyl (C=O) groups excluding carboxylic acids is 3. The van der Waals surface area contributed by atoms with Crippen molar-refractivity contribution in [2.75, 3.05) is 14.2 Å². The second-order valence-corrected chi connectivity index (χ2v) is 10.5. The number of hydrogen-bond acceptors (Lipinski definition) is 11. The van der Waals surface area contributed by atoms with Crippen LogP contribution in [0.2, 0.25) is 0 Å². The highest BCUT2D eigenvalue weighted by Crippen LogP contribution is 2.43. The standard InChI is InChI=1S/C35H31N3O10/c1-43-24-18-19-26(44-2)25(20-24)27-28(46-33(40)21-12-6-3-7-13-21)29(47-34(41)22-14-8-4-9-15-22)30(31(45-27)32(39)37-38-36)48-35(42)23-16-10-5-11-17-23/h3-20,27-32,39H,1-2H3/t27-,28-,29+,30-,31-,32?/m0/s1. The Morgan fingerprint density at radius 1 is 0.708 bits per heavy atom. The number of esters is 3. The Morgan fingerprint density at radius 2 is 1.19 bits per heavy atom. The van der Waals surface area contributed by atoms with Crippen LogP contribution in [0.1, 0.15) is 42.7 Å². The van der Waals surface area contributed by atoms with Crippen LogP contribution in [0.15, 0.2) is 114 Å². The molecule has 5 rings (SSSR count). The molecule has 6 atom stereocenters. The Hall–Kier alpha value is -5.88. The molecule has 1 fully saturated rings. The predicted octanol–water partition coefficient (Wildman–Crippen LogP) is 5.45. The molecule has 0 spiro atoms. The van der Waals surface area contributed by atoms with Gasteiger partial charge in [-0.1, -0.05) is 59.7 Å². The van der Waals surface area contributed by atoms with E-state index in [4.69, 9.17) is 28.4 Å². The highest BCUT2D eigenvalue weighted by atomic mass is 16.7. The van der Waals surface area contributed by atoms with Crippen molar-refractivity contribution in [3.8, 4) is 11.5 Å². The lowest BCUT2D eigenvalue weighted by atomic mass is 9.89. The lowest BCUT2D eigenvalue weighted by Gasteiger charge is -2.46. The van der Waals surface area contributed by atoms with E-state index in [2.05, 4.69) is 10.0 Å². The van der Waals surface area contributed by atoms with Crippen molar-refractivity contribution < 1.29 is 47.9 Å². The second-order valence-electron chi connectivity index (χ2n) is 10.5. The topological polar surface area (TPSA) is 176 Å². The van der Waals surface area contributed by atoms with E-state index in [1.165, 1.54) is 50.6 Å². The molecule has 0 saturated carbocycles. The van der Waals surface area contributed by atoms with Crippen LogP contribution in [0.5, 0.6) is 11.5 Å². The van der Waals surface area contributed by atoms with Gasteiger partial charge in [-0.05, 0) is 60.1 Å². The van der Waals surface area contributed by atoms with Crippen LogP contribution in [-0.4, -0.2) is 67.9 Å². The first-order valence-corrected chi connectivity index (χ1v) is 14.7. The third kappa shape index (κ3) is 7.56. The maximum Gasteiger partial charge on any atom is 0.338 e. The average molecular weight is 654 g/mol. The third-order valence-electron chi connectivity index (χ3n) is 7.54. The molecule has 0 bridgehead atoms. The second kappa shape index (κ2) is 15.6. The summed E-state index contributed by atoms with van der Waals surface area (Å²) < 4.78 is 35.3. The first-order valence-electron chi connectivity index (χ1n) is 14.7. The summed E-state index contributed by atoms with van der Waals surface area (Å²) in [6, 6.07) is 28.7. The van der Waals surface area contributed by atoms with Gasteiger partial charge in [0.1, 0.15) is 23.7 Å². The van der Waals surface area contributed by atoms with Gasteiger partial charge in [-0.2, -0.15) is 0 Å². The number of aliphatic hydroxyl groups excluding tert-OH is 1. The Kier molecular flexibility index (Phi) is 10.9. The van der Waals surface area contributed by atoms with Gasteiger partial charge in [0.05, 0.1) is 30.9 Å². The Balaban J connectivity index is 1.69. The summed E-state index contributed by atoms with van der Waals surface area (Å²) in [5.74, 6) is -1.94. The number of rotatable bonds is 11. The SMILES string of the molecule is COc1ccc(OC)c([C@@H]2O[C@H](C(O)N=[N+]=[N-])[C@@H](OC(=O)c3ccccc3)[C@H](OC(=O)c3ccccc3)[C@H]2OC(=O)c2ccccc2)c1. The van der Waals surface area contributed by atoms with Gasteiger partial charge in [-0.15, -0.1) is 0 Å². The summed E-state index contributed by atoms with van der Waals surface area (Å²) in [5, 5.41) is 14.5. The molecule has 0 aliphatic carbocycles. The van der Waals surface area contributed by atoms with Crippen molar-refractivity contribution >= 4 is 17.9 Å². The highest BCUT2D eigenvalue weighted by molar-refractivity contribution is 5.91. The van der Waals surface area contributed by atoms with Crippen LogP contribution in [-0.2, 0) is 18.9 Å². The summed E-state index contributed by atoms with van der Waals surface area (Å²) >= 11 is 0. The lowest BCUT2D eigenvalue weighted by molar-refractivity contribution is -0.244. The van der Waals surface area contributed by atoms with Gasteiger partial charge in [0.2, 0.25) is 0 Å². The van der Waals surface area contributed by atoms with Gasteiger partial charge in [0.15, 0.2) is 24.5 Å². The molecule has 1 N–H and O–H groups in total. The lowest BCUT2D eigenvalue weighted by Crippen LogP contribution is -2.61. The Bertz CT molecular complexity index is 1770. The van der Waals surface area contributed by atoms with Gasteiger partial charge >= 0.3 is 17.9 Å². The number of carbonyl (C=O) groups is 3. The van der Waals surface area contributed by atoms with E-state index in [-0.39, 0.29) is 28.0 Å². The number of hydrogen-bond donors (Lipinski definition) is 1. The molecule has 0 aromatic heterocycles. The van der Waals surface area contributed by atoms with E-state index >= 15 is 0 Å². The molecule has 13 nitrogen and oxygen atoms in total. The summed E-state index contributed by atoms with van der Waals surface area (Å²) in [5.41, 5.74) is 9.92. The number of methoxy groups -OCH3 is 2. The van der Waals surface area contributed by atoms with E-state index in [0.29, 0.717) is 5.75 Å². The van der Waals surface area contributed by atoms with Gasteiger partial charge in [-0.3, -0.25) is 0 Å². The van der Waals surface area contributed by atoms with Crippen LogP contribution in [0.4, 0.5) is 0 Å². The molecule has 4 aromatic carbocycles. The van der Waals surface area contributed by atoms with Crippen molar-refractivity contribution in [1.29, 1.82) is 0 Å². The zero-order valence-corrected chi connectivity index (χ0v) is 25.8. The molecule has 1 saturated heterocycles. The molecule has 1 aliphatic rings. The van der Waals surface area contributed by atoms with E-state index in [1.54, 1.807) is 72.8 Å². The smallest absolute Gasteiger partial charge is 0.338 e. The molecule has 1 heterocycles. The number of azide groups is 1. The molecule has 13 heteroatoms. The normalized spacial score (nSPS) is 20.7. The molecule has 1 aliphatic heterocycles. The zero-order chi connectivity index (χ0) is 34.0. The number of ether oxygens (including phenoxy) is 6. The van der Waals surface area contributed by atoms with Crippen molar-refractivity contribution in [2.24, 2.45) is 5.11 Å². The average Bonchev–Trinajstić information content (AvgIpc) is 3.13. The molecular weight excluding hydrogens is 622 g/mol. The molecule has 0 amide bonds. The monoisotopic (exact) mass is 653 g/mol. The van der Waals surface area contributed by atoms with Gasteiger partial charge in [-0.25, -0.2) is 14.4 Å². The molecule has 0 radical (unpaired) electrons. The summed E-state index contributed by atoms with van der Waals surface area (Å²) in [7, 11) is 2.85. The summed E-state index contributed by atoms with van der Waals surface area (Å²) in [6.45, 7) is 0. The van der Waals surface area contributed by atoms with Crippen LogP contribution in [0, 0.1) is 0 Å². The van der Waals surface area contributed by atoms with Gasteiger partial charge in [0.25, 0.3) is 0 Å². The first-order chi connectivity index (χ1) is 23.3. The van der Waals surface area contributed by atoms with Crippen LogP contribution in [0.3, 0.4) is 0 Å².